The van der Waals surface area contributed by atoms with Gasteiger partial charge in [-0.15, -0.1) is 24.8 Å². The van der Waals surface area contributed by atoms with Crippen molar-refractivity contribution >= 4 is 49.4 Å². The van der Waals surface area contributed by atoms with Gasteiger partial charge in [-0.3, -0.25) is 0 Å². The molecular formula is C22H26Cl2NZr. The van der Waals surface area contributed by atoms with E-state index >= 15 is 0 Å². The molecule has 2 atom stereocenters. The maximum atomic E-state index is 5.01. The third-order valence-electron chi connectivity index (χ3n) is 5.68. The van der Waals surface area contributed by atoms with Crippen molar-refractivity contribution < 1.29 is 19.8 Å². The van der Waals surface area contributed by atoms with E-state index in [9.17, 15) is 0 Å². The summed E-state index contributed by atoms with van der Waals surface area (Å²) < 4.78 is 7.12. The molecule has 137 valence electrons. The Morgan fingerprint density at radius 2 is 1.62 bits per heavy atom. The van der Waals surface area contributed by atoms with E-state index in [1.54, 1.807) is 0 Å². The molecule has 0 spiro atoms. The molecule has 2 unspecified atom stereocenters. The van der Waals surface area contributed by atoms with Gasteiger partial charge in [0.05, 0.1) is 0 Å². The molecule has 4 rings (SSSR count). The fourth-order valence-corrected chi connectivity index (χ4v) is 14.0. The summed E-state index contributed by atoms with van der Waals surface area (Å²) in [6, 6.07) is 19.8. The minimum absolute atomic E-state index is 0. The number of aromatic nitrogens is 1. The summed E-state index contributed by atoms with van der Waals surface area (Å²) >= 11 is -3.07. The van der Waals surface area contributed by atoms with Crippen LogP contribution in [0, 0.1) is 0 Å². The molecule has 26 heavy (non-hydrogen) atoms. The summed E-state index contributed by atoms with van der Waals surface area (Å²) in [5.41, 5.74) is 4.07. The SMILES string of the molecule is Cl.Cl.[CH2]=[Zr]([c]1cc2ccccc2[nH]1)([CH]1C=Cc2ccccc21)[C](C)(C)C. The molecule has 3 aromatic rings. The summed E-state index contributed by atoms with van der Waals surface area (Å²) in [6.07, 6.45) is 4.72. The van der Waals surface area contributed by atoms with Gasteiger partial charge >= 0.3 is 149 Å². The molecule has 1 heterocycles. The van der Waals surface area contributed by atoms with Crippen molar-refractivity contribution in [1.82, 2.24) is 4.98 Å². The van der Waals surface area contributed by atoms with Crippen molar-refractivity contribution in [2.24, 2.45) is 0 Å². The Labute approximate surface area is 172 Å². The Bertz CT molecular complexity index is 962. The average Bonchev–Trinajstić information content (AvgIpc) is 3.17. The Balaban J connectivity index is 0.00000121. The normalized spacial score (nSPS) is 17.9. The molecule has 0 saturated carbocycles. The number of hydrogen-bond acceptors (Lipinski definition) is 0. The Hall–Kier alpha value is -0.947. The predicted molar refractivity (Wildman–Crippen MR) is 117 cm³/mol. The maximum absolute atomic E-state index is 5.01. The first-order valence-corrected chi connectivity index (χ1v) is 14.2. The van der Waals surface area contributed by atoms with Crippen LogP contribution in [0.1, 0.15) is 35.5 Å². The van der Waals surface area contributed by atoms with Gasteiger partial charge in [0.1, 0.15) is 0 Å². The molecule has 0 amide bonds. The second kappa shape index (κ2) is 7.58. The topological polar surface area (TPSA) is 15.8 Å². The van der Waals surface area contributed by atoms with Gasteiger partial charge in [-0.2, -0.15) is 0 Å². The molecule has 1 nitrogen and oxygen atoms in total. The Morgan fingerprint density at radius 3 is 2.31 bits per heavy atom. The molecule has 0 aliphatic heterocycles. The van der Waals surface area contributed by atoms with Crippen molar-refractivity contribution in [2.45, 2.75) is 27.5 Å². The Kier molecular flexibility index (Phi) is 6.23. The van der Waals surface area contributed by atoms with Crippen molar-refractivity contribution in [3.8, 4) is 0 Å². The van der Waals surface area contributed by atoms with Crippen LogP contribution in [0.3, 0.4) is 0 Å². The number of fused-ring (bicyclic) bond motifs is 2. The van der Waals surface area contributed by atoms with E-state index in [2.05, 4.69) is 92.5 Å². The van der Waals surface area contributed by atoms with Crippen LogP contribution >= 0.6 is 24.8 Å². The summed E-state index contributed by atoms with van der Waals surface area (Å²) in [7, 11) is 0. The van der Waals surface area contributed by atoms with Crippen molar-refractivity contribution in [3.05, 3.63) is 71.8 Å². The zero-order chi connectivity index (χ0) is 16.9. The minimum atomic E-state index is -3.07. The van der Waals surface area contributed by atoms with Gasteiger partial charge in [-0.1, -0.05) is 0 Å². The second-order valence-electron chi connectivity index (χ2n) is 7.96. The summed E-state index contributed by atoms with van der Waals surface area (Å²) in [6.45, 7) is 7.16. The molecule has 0 fully saturated rings. The van der Waals surface area contributed by atoms with Gasteiger partial charge < -0.3 is 0 Å². The average molecular weight is 467 g/mol. The molecule has 0 radical (unpaired) electrons. The molecular weight excluding hydrogens is 440 g/mol. The number of nitrogens with one attached hydrogen (secondary N) is 1. The third-order valence-corrected chi connectivity index (χ3v) is 19.1. The zero-order valence-corrected chi connectivity index (χ0v) is 19.5. The molecule has 1 aromatic heterocycles. The summed E-state index contributed by atoms with van der Waals surface area (Å²) in [5, 5.41) is 1.30. The van der Waals surface area contributed by atoms with Gasteiger partial charge in [0.15, 0.2) is 0 Å². The van der Waals surface area contributed by atoms with E-state index in [-0.39, 0.29) is 27.9 Å². The van der Waals surface area contributed by atoms with E-state index in [1.807, 2.05) is 0 Å². The molecule has 0 saturated heterocycles. The van der Waals surface area contributed by atoms with Crippen LogP contribution in [0.25, 0.3) is 17.0 Å². The molecule has 4 heteroatoms. The number of allylic oxidation sites excluding steroid dienone is 1. The number of hydrogen-bond donors (Lipinski definition) is 1. The van der Waals surface area contributed by atoms with Gasteiger partial charge in [0.2, 0.25) is 0 Å². The van der Waals surface area contributed by atoms with E-state index in [1.165, 1.54) is 25.4 Å². The quantitative estimate of drug-likeness (QED) is 0.462. The first-order chi connectivity index (χ1) is 11.4. The fraction of sp³-hybridized carbons (Fsp3) is 0.227. The fourth-order valence-electron chi connectivity index (χ4n) is 4.03. The monoisotopic (exact) mass is 464 g/mol. The molecule has 1 N–H and O–H groups in total. The predicted octanol–water partition coefficient (Wildman–Crippen LogP) is 6.21. The van der Waals surface area contributed by atoms with Gasteiger partial charge in [-0.05, 0) is 0 Å². The van der Waals surface area contributed by atoms with Crippen LogP contribution < -0.4 is 3.40 Å². The van der Waals surface area contributed by atoms with Crippen LogP contribution in [0.4, 0.5) is 0 Å². The van der Waals surface area contributed by atoms with E-state index in [4.69, 9.17) is 4.21 Å². The van der Waals surface area contributed by atoms with Crippen LogP contribution in [0.2, 0.25) is 3.12 Å². The number of aromatic amines is 1. The number of para-hydroxylation sites is 1. The van der Waals surface area contributed by atoms with Gasteiger partial charge in [0.25, 0.3) is 0 Å². The summed E-state index contributed by atoms with van der Waals surface area (Å²) in [5.74, 6) is 0. The standard InChI is InChI=1S/C9H7.C8H6N.C4H9.CH2.2ClH.Zr/c1-2-5-9-7-3-6-8(9)4-1;1-2-4-8-7(3-1)5-6-9-8;1-4(2)3;;;;/h1-7H;1-5,9H;1-3H3;1H2;2*1H;. The van der Waals surface area contributed by atoms with E-state index < -0.39 is 19.8 Å². The van der Waals surface area contributed by atoms with Crippen molar-refractivity contribution in [1.29, 1.82) is 0 Å². The molecule has 0 bridgehead atoms. The van der Waals surface area contributed by atoms with E-state index in [0.717, 1.165) is 0 Å². The van der Waals surface area contributed by atoms with Crippen LogP contribution in [-0.2, 0) is 19.8 Å². The van der Waals surface area contributed by atoms with Crippen molar-refractivity contribution in [3.63, 3.8) is 0 Å². The zero-order valence-electron chi connectivity index (χ0n) is 15.5. The van der Waals surface area contributed by atoms with Gasteiger partial charge in [-0.25, -0.2) is 0 Å². The molecule has 1 aliphatic rings. The van der Waals surface area contributed by atoms with Crippen LogP contribution in [0.15, 0.2) is 60.7 Å². The molecule has 2 aromatic carbocycles. The van der Waals surface area contributed by atoms with Gasteiger partial charge in [0, 0.05) is 0 Å². The molecule has 1 aliphatic carbocycles. The number of benzene rings is 2. The van der Waals surface area contributed by atoms with E-state index in [0.29, 0.717) is 3.63 Å². The van der Waals surface area contributed by atoms with Crippen LogP contribution in [-0.4, -0.2) is 9.20 Å². The first-order valence-electron chi connectivity index (χ1n) is 8.62. The van der Waals surface area contributed by atoms with Crippen LogP contribution in [0.5, 0.6) is 0 Å². The Morgan fingerprint density at radius 1 is 0.962 bits per heavy atom. The number of rotatable bonds is 2. The van der Waals surface area contributed by atoms with Crippen molar-refractivity contribution in [2.75, 3.05) is 0 Å². The second-order valence-corrected chi connectivity index (χ2v) is 19.3. The first kappa shape index (κ1) is 21.4. The number of halogens is 2. The summed E-state index contributed by atoms with van der Waals surface area (Å²) in [4.78, 5) is 3.75. The number of H-pyrrole nitrogens is 1. The third kappa shape index (κ3) is 3.22.